The van der Waals surface area contributed by atoms with Gasteiger partial charge in [-0.05, 0) is 36.2 Å². The molecule has 2 aromatic carbocycles. The van der Waals surface area contributed by atoms with Crippen LogP contribution in [0.5, 0.6) is 0 Å². The van der Waals surface area contributed by atoms with Crippen LogP contribution >= 0.6 is 11.6 Å². The second kappa shape index (κ2) is 6.89. The minimum Gasteiger partial charge on any atom is -0.325 e. The van der Waals surface area contributed by atoms with Gasteiger partial charge in [0.25, 0.3) is 0 Å². The Kier molecular flexibility index (Phi) is 5.15. The van der Waals surface area contributed by atoms with Gasteiger partial charge < -0.3 is 5.32 Å². The summed E-state index contributed by atoms with van der Waals surface area (Å²) in [7, 11) is -4.69. The van der Waals surface area contributed by atoms with Crippen molar-refractivity contribution in [1.82, 2.24) is 0 Å². The van der Waals surface area contributed by atoms with Crippen molar-refractivity contribution < 1.29 is 17.1 Å². The van der Waals surface area contributed by atoms with Crippen LogP contribution in [0.4, 0.5) is 9.57 Å². The molecule has 0 radical (unpaired) electrons. The third kappa shape index (κ3) is 4.54. The number of hydrogen-bond acceptors (Lipinski definition) is 3. The molecule has 0 aromatic heterocycles. The molecule has 0 spiro atoms. The molecule has 22 heavy (non-hydrogen) atoms. The van der Waals surface area contributed by atoms with E-state index in [0.717, 1.165) is 5.56 Å². The van der Waals surface area contributed by atoms with E-state index in [-0.39, 0.29) is 12.3 Å². The van der Waals surface area contributed by atoms with Crippen molar-refractivity contribution in [1.29, 1.82) is 0 Å². The first-order valence-corrected chi connectivity index (χ1v) is 8.20. The zero-order valence-corrected chi connectivity index (χ0v) is 13.0. The van der Waals surface area contributed by atoms with Crippen molar-refractivity contribution in [3.63, 3.8) is 0 Å². The summed E-state index contributed by atoms with van der Waals surface area (Å²) in [4.78, 5) is 11.4. The number of rotatable bonds is 5. The molecule has 1 N–H and O–H groups in total. The summed E-state index contributed by atoms with van der Waals surface area (Å²) in [5.74, 6) is -0.213. The Bertz CT molecular complexity index is 776. The summed E-state index contributed by atoms with van der Waals surface area (Å²) in [5, 5.41) is 3.14. The Balaban J connectivity index is 1.93. The lowest BCUT2D eigenvalue weighted by Gasteiger charge is -2.07. The van der Waals surface area contributed by atoms with Crippen LogP contribution < -0.4 is 5.32 Å². The number of hydrogen-bond donors (Lipinski definition) is 1. The van der Waals surface area contributed by atoms with Gasteiger partial charge in [-0.3, -0.25) is 4.79 Å². The summed E-state index contributed by atoms with van der Waals surface area (Å²) in [5.41, 5.74) is 1.27. The van der Waals surface area contributed by atoms with Crippen molar-refractivity contribution >= 4 is 33.4 Å². The first-order valence-electron chi connectivity index (χ1n) is 6.44. The van der Waals surface area contributed by atoms with Crippen molar-refractivity contribution in [2.75, 3.05) is 5.32 Å². The van der Waals surface area contributed by atoms with Gasteiger partial charge in [-0.2, -0.15) is 8.42 Å². The number of carbonyl (C=O) groups excluding carboxylic acids is 1. The van der Waals surface area contributed by atoms with Gasteiger partial charge in [-0.25, -0.2) is 0 Å². The molecule has 116 valence electrons. The second-order valence-corrected chi connectivity index (χ2v) is 6.36. The predicted octanol–water partition coefficient (Wildman–Crippen LogP) is 3.57. The van der Waals surface area contributed by atoms with Gasteiger partial charge in [0.1, 0.15) is 0 Å². The highest BCUT2D eigenvalue weighted by molar-refractivity contribution is 7.86. The molecule has 0 heterocycles. The summed E-state index contributed by atoms with van der Waals surface area (Å²) in [6.45, 7) is 0. The Morgan fingerprint density at radius 1 is 1.09 bits per heavy atom. The molecule has 4 nitrogen and oxygen atoms in total. The number of carbonyl (C=O) groups is 1. The summed E-state index contributed by atoms with van der Waals surface area (Å²) in [6.07, 6.45) is 0.607. The van der Waals surface area contributed by atoms with E-state index >= 15 is 0 Å². The van der Waals surface area contributed by atoms with Gasteiger partial charge in [-0.1, -0.05) is 35.9 Å². The smallest absolute Gasteiger partial charge is 0.325 e. The van der Waals surface area contributed by atoms with E-state index in [0.29, 0.717) is 17.1 Å². The van der Waals surface area contributed by atoms with Gasteiger partial charge in [0.15, 0.2) is 0 Å². The number of halogens is 2. The fraction of sp³-hybridized carbons (Fsp3) is 0.133. The molecule has 1 amide bonds. The predicted molar refractivity (Wildman–Crippen MR) is 83.1 cm³/mol. The Hall–Kier alpha value is -1.92. The highest BCUT2D eigenvalue weighted by Gasteiger charge is 2.11. The molecule has 0 aliphatic carbocycles. The Morgan fingerprint density at radius 3 is 2.32 bits per heavy atom. The lowest BCUT2D eigenvalue weighted by molar-refractivity contribution is -0.116. The maximum absolute atomic E-state index is 12.7. The third-order valence-electron chi connectivity index (χ3n) is 2.99. The van der Waals surface area contributed by atoms with Crippen LogP contribution in [0.2, 0.25) is 5.02 Å². The third-order valence-corrected chi connectivity index (χ3v) is 4.16. The average molecular weight is 342 g/mol. The molecular weight excluding hydrogens is 329 g/mol. The zero-order chi connectivity index (χ0) is 16.2. The number of aryl methyl sites for hydroxylation is 1. The zero-order valence-electron chi connectivity index (χ0n) is 11.4. The highest BCUT2D eigenvalue weighted by atomic mass is 35.5. The minimum atomic E-state index is -4.69. The molecule has 7 heteroatoms. The molecule has 0 fully saturated rings. The van der Waals surface area contributed by atoms with Crippen LogP contribution in [0.1, 0.15) is 12.0 Å². The lowest BCUT2D eigenvalue weighted by atomic mass is 10.1. The quantitative estimate of drug-likeness (QED) is 0.846. The van der Waals surface area contributed by atoms with E-state index in [1.54, 1.807) is 24.3 Å². The monoisotopic (exact) mass is 341 g/mol. The van der Waals surface area contributed by atoms with Gasteiger partial charge in [0.05, 0.1) is 15.6 Å². The number of amides is 1. The standard InChI is InChI=1S/C15H13ClFNO3S/c16-13-3-1-2-4-14(13)18-15(19)10-7-11-5-8-12(9-6-11)22(17,20)21/h1-6,8-9H,7,10H2,(H,18,19). The number of anilines is 1. The summed E-state index contributed by atoms with van der Waals surface area (Å²) in [6, 6.07) is 12.2. The van der Waals surface area contributed by atoms with E-state index in [1.165, 1.54) is 24.3 Å². The molecule has 0 atom stereocenters. The summed E-state index contributed by atoms with van der Waals surface area (Å²) >= 11 is 5.94. The molecule has 0 aliphatic heterocycles. The topological polar surface area (TPSA) is 63.2 Å². The molecule has 0 saturated carbocycles. The van der Waals surface area contributed by atoms with Crippen LogP contribution in [0.15, 0.2) is 53.4 Å². The first-order chi connectivity index (χ1) is 10.4. The van der Waals surface area contributed by atoms with Crippen molar-refractivity contribution in [2.24, 2.45) is 0 Å². The van der Waals surface area contributed by atoms with Gasteiger partial charge in [-0.15, -0.1) is 3.89 Å². The normalized spacial score (nSPS) is 11.2. The van der Waals surface area contributed by atoms with E-state index in [4.69, 9.17) is 11.6 Å². The highest BCUT2D eigenvalue weighted by Crippen LogP contribution is 2.21. The maximum Gasteiger partial charge on any atom is 0.332 e. The molecule has 0 saturated heterocycles. The van der Waals surface area contributed by atoms with Gasteiger partial charge >= 0.3 is 10.2 Å². The van der Waals surface area contributed by atoms with Gasteiger partial charge in [0.2, 0.25) is 5.91 Å². The Morgan fingerprint density at radius 2 is 1.73 bits per heavy atom. The number of para-hydroxylation sites is 1. The molecule has 2 aromatic rings. The van der Waals surface area contributed by atoms with Crippen LogP contribution in [-0.4, -0.2) is 14.3 Å². The van der Waals surface area contributed by atoms with Gasteiger partial charge in [0, 0.05) is 6.42 Å². The minimum absolute atomic E-state index is 0.201. The van der Waals surface area contributed by atoms with Crippen molar-refractivity contribution in [3.8, 4) is 0 Å². The second-order valence-electron chi connectivity index (χ2n) is 4.61. The SMILES string of the molecule is O=C(CCc1ccc(S(=O)(=O)F)cc1)Nc1ccccc1Cl. The van der Waals surface area contributed by atoms with Crippen molar-refractivity contribution in [2.45, 2.75) is 17.7 Å². The fourth-order valence-electron chi connectivity index (χ4n) is 1.85. The number of nitrogens with one attached hydrogen (secondary N) is 1. The average Bonchev–Trinajstić information content (AvgIpc) is 2.47. The van der Waals surface area contributed by atoms with E-state index in [2.05, 4.69) is 5.32 Å². The van der Waals surface area contributed by atoms with E-state index < -0.39 is 15.1 Å². The largest absolute Gasteiger partial charge is 0.332 e. The molecule has 0 bridgehead atoms. The van der Waals surface area contributed by atoms with Crippen LogP contribution in [0.3, 0.4) is 0 Å². The van der Waals surface area contributed by atoms with E-state index in [9.17, 15) is 17.1 Å². The molecule has 2 rings (SSSR count). The fourth-order valence-corrected chi connectivity index (χ4v) is 2.50. The molecule has 0 unspecified atom stereocenters. The Labute approximate surface area is 133 Å². The van der Waals surface area contributed by atoms with Crippen LogP contribution in [-0.2, 0) is 21.4 Å². The van der Waals surface area contributed by atoms with Crippen LogP contribution in [0, 0.1) is 0 Å². The van der Waals surface area contributed by atoms with Crippen LogP contribution in [0.25, 0.3) is 0 Å². The molecule has 0 aliphatic rings. The lowest BCUT2D eigenvalue weighted by Crippen LogP contribution is -2.12. The number of benzene rings is 2. The van der Waals surface area contributed by atoms with E-state index in [1.807, 2.05) is 0 Å². The summed E-state index contributed by atoms with van der Waals surface area (Å²) < 4.78 is 34.1. The molecular formula is C15H13ClFNO3S. The first kappa shape index (κ1) is 16.5. The van der Waals surface area contributed by atoms with Crippen molar-refractivity contribution in [3.05, 3.63) is 59.1 Å². The maximum atomic E-state index is 12.7.